The summed E-state index contributed by atoms with van der Waals surface area (Å²) < 4.78 is 24.5. The molecule has 1 N–H and O–H groups in total. The average molecular weight is 240 g/mol. The quantitative estimate of drug-likeness (QED) is 0.835. The third kappa shape index (κ3) is 2.25. The van der Waals surface area contributed by atoms with Crippen LogP contribution in [0, 0.1) is 6.92 Å². The predicted molar refractivity (Wildman–Crippen MR) is 62.1 cm³/mol. The van der Waals surface area contributed by atoms with Crippen molar-refractivity contribution in [2.75, 3.05) is 13.1 Å². The minimum Gasteiger partial charge on any atom is -0.315 e. The zero-order chi connectivity index (χ0) is 11.6. The SMILES string of the molecule is Cc1ccnc(S(=O)(=O)[C@@H]2CCCNC2)c1. The molecule has 0 aliphatic carbocycles. The van der Waals surface area contributed by atoms with E-state index in [0.29, 0.717) is 6.54 Å². The van der Waals surface area contributed by atoms with Crippen LogP contribution in [0.2, 0.25) is 0 Å². The lowest BCUT2D eigenvalue weighted by atomic mass is 10.2. The van der Waals surface area contributed by atoms with E-state index in [0.717, 1.165) is 24.9 Å². The molecule has 16 heavy (non-hydrogen) atoms. The lowest BCUT2D eigenvalue weighted by Gasteiger charge is -2.22. The normalized spacial score (nSPS) is 21.9. The van der Waals surface area contributed by atoms with Crippen molar-refractivity contribution < 1.29 is 8.42 Å². The summed E-state index contributed by atoms with van der Waals surface area (Å²) in [6.45, 7) is 3.32. The molecule has 2 rings (SSSR count). The molecule has 1 aromatic heterocycles. The molecule has 1 atom stereocenters. The van der Waals surface area contributed by atoms with E-state index in [1.54, 1.807) is 18.3 Å². The molecule has 1 aliphatic rings. The first kappa shape index (κ1) is 11.5. The minimum atomic E-state index is -3.26. The molecule has 0 bridgehead atoms. The van der Waals surface area contributed by atoms with Gasteiger partial charge >= 0.3 is 0 Å². The number of sulfone groups is 1. The van der Waals surface area contributed by atoms with Crippen LogP contribution in [-0.2, 0) is 9.84 Å². The molecule has 4 nitrogen and oxygen atoms in total. The van der Waals surface area contributed by atoms with E-state index in [1.165, 1.54) is 0 Å². The molecule has 0 saturated carbocycles. The summed E-state index contributed by atoms with van der Waals surface area (Å²) in [4.78, 5) is 3.97. The second kappa shape index (κ2) is 4.51. The Hall–Kier alpha value is -0.940. The number of hydrogen-bond acceptors (Lipinski definition) is 4. The Bertz CT molecular complexity index is 465. The van der Waals surface area contributed by atoms with Crippen molar-refractivity contribution in [3.63, 3.8) is 0 Å². The Morgan fingerprint density at radius 1 is 1.50 bits per heavy atom. The maximum absolute atomic E-state index is 12.2. The van der Waals surface area contributed by atoms with Crippen molar-refractivity contribution in [2.45, 2.75) is 30.0 Å². The van der Waals surface area contributed by atoms with Gasteiger partial charge in [0.1, 0.15) is 0 Å². The molecule has 88 valence electrons. The fourth-order valence-corrected chi connectivity index (χ4v) is 3.63. The summed E-state index contributed by atoms with van der Waals surface area (Å²) >= 11 is 0. The molecule has 1 aromatic rings. The summed E-state index contributed by atoms with van der Waals surface area (Å²) in [6.07, 6.45) is 3.19. The van der Waals surface area contributed by atoms with Crippen LogP contribution in [0.4, 0.5) is 0 Å². The number of pyridine rings is 1. The third-order valence-electron chi connectivity index (χ3n) is 2.87. The lowest BCUT2D eigenvalue weighted by Crippen LogP contribution is -2.39. The highest BCUT2D eigenvalue weighted by molar-refractivity contribution is 7.92. The lowest BCUT2D eigenvalue weighted by molar-refractivity contribution is 0.495. The fraction of sp³-hybridized carbons (Fsp3) is 0.545. The molecule has 0 amide bonds. The van der Waals surface area contributed by atoms with E-state index in [2.05, 4.69) is 10.3 Å². The predicted octanol–water partition coefficient (Wildman–Crippen LogP) is 0.916. The zero-order valence-electron chi connectivity index (χ0n) is 9.31. The molecule has 0 unspecified atom stereocenters. The van der Waals surface area contributed by atoms with Crippen LogP contribution in [0.5, 0.6) is 0 Å². The number of rotatable bonds is 2. The molecule has 0 aromatic carbocycles. The standard InChI is InChI=1S/C11H16N2O2S/c1-9-4-6-13-11(7-9)16(14,15)10-3-2-5-12-8-10/h4,6-7,10,12H,2-3,5,8H2,1H3/t10-/m1/s1. The number of nitrogens with one attached hydrogen (secondary N) is 1. The van der Waals surface area contributed by atoms with E-state index in [9.17, 15) is 8.42 Å². The fourth-order valence-electron chi connectivity index (χ4n) is 1.92. The van der Waals surface area contributed by atoms with Crippen LogP contribution < -0.4 is 5.32 Å². The number of piperidine rings is 1. The topological polar surface area (TPSA) is 59.1 Å². The summed E-state index contributed by atoms with van der Waals surface area (Å²) in [6, 6.07) is 3.45. The molecular formula is C11H16N2O2S. The van der Waals surface area contributed by atoms with Gasteiger partial charge in [-0.25, -0.2) is 13.4 Å². The monoisotopic (exact) mass is 240 g/mol. The van der Waals surface area contributed by atoms with Crippen molar-refractivity contribution in [1.29, 1.82) is 0 Å². The van der Waals surface area contributed by atoms with Gasteiger partial charge in [0.15, 0.2) is 14.9 Å². The van der Waals surface area contributed by atoms with Crippen LogP contribution >= 0.6 is 0 Å². The van der Waals surface area contributed by atoms with Crippen molar-refractivity contribution >= 4 is 9.84 Å². The largest absolute Gasteiger partial charge is 0.315 e. The Morgan fingerprint density at radius 3 is 2.94 bits per heavy atom. The number of hydrogen-bond donors (Lipinski definition) is 1. The summed E-state index contributed by atoms with van der Waals surface area (Å²) in [5, 5.41) is 3.00. The van der Waals surface area contributed by atoms with Gasteiger partial charge in [0.2, 0.25) is 0 Å². The Balaban J connectivity index is 2.30. The summed E-state index contributed by atoms with van der Waals surface area (Å²) in [7, 11) is -3.26. The van der Waals surface area contributed by atoms with Crippen molar-refractivity contribution in [3.8, 4) is 0 Å². The molecule has 1 aliphatic heterocycles. The van der Waals surface area contributed by atoms with Crippen LogP contribution in [0.15, 0.2) is 23.4 Å². The van der Waals surface area contributed by atoms with Gasteiger partial charge in [-0.1, -0.05) is 0 Å². The zero-order valence-corrected chi connectivity index (χ0v) is 10.1. The summed E-state index contributed by atoms with van der Waals surface area (Å²) in [5.41, 5.74) is 0.928. The first-order valence-corrected chi connectivity index (χ1v) is 7.02. The maximum atomic E-state index is 12.2. The van der Waals surface area contributed by atoms with Gasteiger partial charge in [-0.15, -0.1) is 0 Å². The second-order valence-corrected chi connectivity index (χ2v) is 6.36. The average Bonchev–Trinajstić information content (AvgIpc) is 2.30. The first-order valence-electron chi connectivity index (χ1n) is 5.48. The van der Waals surface area contributed by atoms with Gasteiger partial charge in [0, 0.05) is 12.7 Å². The minimum absolute atomic E-state index is 0.209. The second-order valence-electron chi connectivity index (χ2n) is 4.18. The van der Waals surface area contributed by atoms with Gasteiger partial charge < -0.3 is 5.32 Å². The Morgan fingerprint density at radius 2 is 2.31 bits per heavy atom. The van der Waals surface area contributed by atoms with E-state index in [4.69, 9.17) is 0 Å². The highest BCUT2D eigenvalue weighted by Gasteiger charge is 2.29. The number of aromatic nitrogens is 1. The molecule has 2 heterocycles. The van der Waals surface area contributed by atoms with Crippen molar-refractivity contribution in [1.82, 2.24) is 10.3 Å². The highest BCUT2D eigenvalue weighted by Crippen LogP contribution is 2.19. The van der Waals surface area contributed by atoms with Crippen LogP contribution in [0.1, 0.15) is 18.4 Å². The highest BCUT2D eigenvalue weighted by atomic mass is 32.2. The molecule has 0 spiro atoms. The van der Waals surface area contributed by atoms with Gasteiger partial charge in [0.05, 0.1) is 5.25 Å². The molecule has 1 fully saturated rings. The third-order valence-corrected chi connectivity index (χ3v) is 4.96. The molecule has 5 heteroatoms. The Kier molecular flexibility index (Phi) is 3.25. The van der Waals surface area contributed by atoms with E-state index < -0.39 is 9.84 Å². The smallest absolute Gasteiger partial charge is 0.199 e. The first-order chi connectivity index (χ1) is 7.60. The number of aryl methyl sites for hydroxylation is 1. The molecular weight excluding hydrogens is 224 g/mol. The number of nitrogens with zero attached hydrogens (tertiary/aromatic N) is 1. The van der Waals surface area contributed by atoms with Crippen LogP contribution in [-0.4, -0.2) is 31.7 Å². The van der Waals surface area contributed by atoms with Gasteiger partial charge in [-0.05, 0) is 44.0 Å². The van der Waals surface area contributed by atoms with Crippen LogP contribution in [0.25, 0.3) is 0 Å². The molecule has 0 radical (unpaired) electrons. The van der Waals surface area contributed by atoms with Gasteiger partial charge in [-0.3, -0.25) is 0 Å². The maximum Gasteiger partial charge on any atom is 0.199 e. The van der Waals surface area contributed by atoms with Crippen molar-refractivity contribution in [2.24, 2.45) is 0 Å². The Labute approximate surface area is 96.0 Å². The summed E-state index contributed by atoms with van der Waals surface area (Å²) in [5.74, 6) is 0. The van der Waals surface area contributed by atoms with E-state index in [-0.39, 0.29) is 10.3 Å². The molecule has 1 saturated heterocycles. The van der Waals surface area contributed by atoms with E-state index >= 15 is 0 Å². The van der Waals surface area contributed by atoms with Gasteiger partial charge in [-0.2, -0.15) is 0 Å². The van der Waals surface area contributed by atoms with Crippen molar-refractivity contribution in [3.05, 3.63) is 23.9 Å². The van der Waals surface area contributed by atoms with Crippen LogP contribution in [0.3, 0.4) is 0 Å². The van der Waals surface area contributed by atoms with E-state index in [1.807, 2.05) is 6.92 Å². The van der Waals surface area contributed by atoms with Gasteiger partial charge in [0.25, 0.3) is 0 Å².